The molecule has 5 rings (SSSR count). The van der Waals surface area contributed by atoms with E-state index in [1.165, 1.54) is 42.1 Å². The number of nitrogens with one attached hydrogen (secondary N) is 9. The van der Waals surface area contributed by atoms with Crippen molar-refractivity contribution in [2.24, 2.45) is 39.9 Å². The first kappa shape index (κ1) is 66.9. The number of likely N-dealkylation sites (tertiary alicyclic amines) is 1. The molecule has 0 saturated carbocycles. The Morgan fingerprint density at radius 2 is 1.18 bits per heavy atom. The lowest BCUT2D eigenvalue weighted by Crippen LogP contribution is -2.62. The average Bonchev–Trinajstić information content (AvgIpc) is 4.49. The van der Waals surface area contributed by atoms with Gasteiger partial charge in [-0.05, 0) is 73.1 Å². The predicted molar refractivity (Wildman–Crippen MR) is 314 cm³/mol. The lowest BCUT2D eigenvalue weighted by Gasteiger charge is -2.32. The Morgan fingerprint density at radius 1 is 0.659 bits per heavy atom. The number of rotatable bonds is 33. The van der Waals surface area contributed by atoms with Gasteiger partial charge in [-0.25, -0.2) is 14.8 Å². The fraction of sp³-hybridized carbons (Fsp3) is 0.517. The number of aliphatic carboxylic acids is 1. The van der Waals surface area contributed by atoms with Crippen molar-refractivity contribution in [2.75, 3.05) is 13.1 Å². The van der Waals surface area contributed by atoms with E-state index in [1.807, 2.05) is 13.8 Å². The Balaban J connectivity index is 1.38. The lowest BCUT2D eigenvalue weighted by molar-refractivity contribution is -0.143. The van der Waals surface area contributed by atoms with Crippen LogP contribution in [0, 0.1) is 17.8 Å². The van der Waals surface area contributed by atoms with Crippen LogP contribution in [-0.2, 0) is 68.8 Å². The van der Waals surface area contributed by atoms with Crippen molar-refractivity contribution in [3.05, 3.63) is 102 Å². The van der Waals surface area contributed by atoms with E-state index in [4.69, 9.17) is 17.2 Å². The van der Waals surface area contributed by atoms with Gasteiger partial charge in [0.15, 0.2) is 5.96 Å². The Kier molecular flexibility index (Phi) is 25.8. The first-order valence-electron chi connectivity index (χ1n) is 28.7. The number of nitrogens with zero attached hydrogens (tertiary/aromatic N) is 4. The van der Waals surface area contributed by atoms with Crippen LogP contribution in [0.25, 0.3) is 0 Å². The third-order valence-electron chi connectivity index (χ3n) is 14.6. The summed E-state index contributed by atoms with van der Waals surface area (Å²) in [6.45, 7) is 10.9. The van der Waals surface area contributed by atoms with Crippen LogP contribution < -0.4 is 54.4 Å². The monoisotopic (exact) mass is 1180 g/mol. The molecule has 1 fully saturated rings. The summed E-state index contributed by atoms with van der Waals surface area (Å²) in [7, 11) is 0. The zero-order valence-electron chi connectivity index (χ0n) is 49.0. The molecule has 0 aliphatic carbocycles. The van der Waals surface area contributed by atoms with E-state index in [0.717, 1.165) is 0 Å². The minimum absolute atomic E-state index is 0.0415. The van der Waals surface area contributed by atoms with Crippen molar-refractivity contribution < 1.29 is 53.4 Å². The van der Waals surface area contributed by atoms with Crippen molar-refractivity contribution in [1.82, 2.24) is 62.1 Å². The molecule has 17 N–H and O–H groups in total. The number of carbonyl (C=O) groups is 9. The molecule has 2 aromatic carbocycles. The maximum atomic E-state index is 15.0. The molecule has 27 nitrogen and oxygen atoms in total. The quantitative estimate of drug-likeness (QED) is 0.0166. The standard InChI is InChI=1S/C58H84N16O11/c1-7-34(6)48(73-52(79)42(25-36-17-19-39(75)20-18-36)69-54(81)47(33(4)5)72-49(76)40(59)15-11-21-64-58(60)61)55(82)70-44(27-38-29-63-31-66-38)56(83)74-22-12-16-46(74)53(80)68-41(24-35-13-9-8-10-14-35)50(77)67-43(26-37-28-62-30-65-37)51(78)71-45(57(84)85)23-32(2)3/h8-10,13-14,17-20,28-34,40-48,75H,7,11-12,15-16,21-27,59H2,1-6H3,(H,62,65)(H,63,66)(H,67,77)(H,68,80)(H,69,81)(H,70,82)(H,71,78)(H,72,76)(H,73,79)(H,84,85)(H4,60,61,64)/t34-,40+,41-,42-,43-,44-,45-,46-,47-,48-/m0/s1. The predicted octanol–water partition coefficient (Wildman–Crippen LogP) is -0.293. The molecule has 85 heavy (non-hydrogen) atoms. The van der Waals surface area contributed by atoms with Crippen LogP contribution >= 0.6 is 0 Å². The van der Waals surface area contributed by atoms with Gasteiger partial charge in [0.1, 0.15) is 54.1 Å². The number of H-pyrrole nitrogens is 2. The number of imidazole rings is 2. The fourth-order valence-electron chi connectivity index (χ4n) is 9.71. The molecule has 1 aliphatic rings. The zero-order chi connectivity index (χ0) is 62.3. The summed E-state index contributed by atoms with van der Waals surface area (Å²) < 4.78 is 0. The molecule has 0 radical (unpaired) electrons. The Bertz CT molecular complexity index is 2870. The van der Waals surface area contributed by atoms with Crippen molar-refractivity contribution in [3.8, 4) is 5.75 Å². The summed E-state index contributed by atoms with van der Waals surface area (Å²) in [5, 5.41) is 39.2. The second kappa shape index (κ2) is 32.8. The summed E-state index contributed by atoms with van der Waals surface area (Å²) in [5.41, 5.74) is 19.1. The molecular formula is C58H84N16O11. The first-order chi connectivity index (χ1) is 40.4. The number of aromatic nitrogens is 4. The second-order valence-electron chi connectivity index (χ2n) is 22.2. The number of benzene rings is 2. The summed E-state index contributed by atoms with van der Waals surface area (Å²) in [6.07, 6.45) is 6.94. The van der Waals surface area contributed by atoms with Crippen molar-refractivity contribution in [2.45, 2.75) is 160 Å². The molecule has 10 atom stereocenters. The molecular weight excluding hydrogens is 1100 g/mol. The van der Waals surface area contributed by atoms with Crippen LogP contribution in [0.15, 0.2) is 84.6 Å². The lowest BCUT2D eigenvalue weighted by atomic mass is 9.96. The van der Waals surface area contributed by atoms with Crippen LogP contribution in [0.5, 0.6) is 5.75 Å². The van der Waals surface area contributed by atoms with Crippen LogP contribution in [0.2, 0.25) is 0 Å². The number of carbonyl (C=O) groups excluding carboxylic acids is 8. The van der Waals surface area contributed by atoms with Crippen molar-refractivity contribution in [1.29, 1.82) is 0 Å². The molecule has 462 valence electrons. The minimum atomic E-state index is -1.35. The summed E-state index contributed by atoms with van der Waals surface area (Å²) in [5.74, 6) is -8.30. The van der Waals surface area contributed by atoms with Gasteiger partial charge in [0.05, 0.1) is 18.7 Å². The van der Waals surface area contributed by atoms with Crippen LogP contribution in [0.1, 0.15) is 103 Å². The van der Waals surface area contributed by atoms with Gasteiger partial charge in [-0.3, -0.25) is 43.3 Å². The van der Waals surface area contributed by atoms with E-state index in [1.54, 1.807) is 70.2 Å². The Labute approximate surface area is 494 Å². The molecule has 3 heterocycles. The second-order valence-corrected chi connectivity index (χ2v) is 22.2. The third kappa shape index (κ3) is 21.1. The van der Waals surface area contributed by atoms with E-state index < -0.39 is 119 Å². The van der Waals surface area contributed by atoms with Gasteiger partial charge >= 0.3 is 5.97 Å². The van der Waals surface area contributed by atoms with Crippen LogP contribution in [0.3, 0.4) is 0 Å². The highest BCUT2D eigenvalue weighted by atomic mass is 16.4. The number of hydrogen-bond donors (Lipinski definition) is 14. The maximum Gasteiger partial charge on any atom is 0.326 e. The number of carboxylic acids is 1. The van der Waals surface area contributed by atoms with E-state index in [9.17, 15) is 53.4 Å². The van der Waals surface area contributed by atoms with E-state index in [-0.39, 0.29) is 75.7 Å². The van der Waals surface area contributed by atoms with Gasteiger partial charge < -0.3 is 79.5 Å². The van der Waals surface area contributed by atoms with Crippen LogP contribution in [-0.4, -0.2) is 162 Å². The Hall–Kier alpha value is -8.88. The number of aromatic hydroxyl groups is 1. The summed E-state index contributed by atoms with van der Waals surface area (Å²) >= 11 is 0. The average molecular weight is 1180 g/mol. The number of amides is 8. The Morgan fingerprint density at radius 3 is 1.73 bits per heavy atom. The van der Waals surface area contributed by atoms with E-state index in [2.05, 4.69) is 62.1 Å². The number of nitrogens with two attached hydrogens (primary N) is 3. The molecule has 0 spiro atoms. The molecule has 27 heteroatoms. The topological polar surface area (TPSA) is 429 Å². The SMILES string of the molecule is CC[C@H](C)[C@H](NC(=O)[C@H](Cc1ccc(O)cc1)NC(=O)[C@@H](NC(=O)[C@H](N)CCCN=C(N)N)C(C)C)C(=O)N[C@@H](Cc1cnc[nH]1)C(=O)N1CCC[C@H]1C(=O)N[C@@H](Cc1ccccc1)C(=O)N[C@@H](Cc1cnc[nH]1)C(=O)N[C@@H](CC(C)C)C(=O)O. The molecule has 8 amide bonds. The van der Waals surface area contributed by atoms with Crippen molar-refractivity contribution >= 4 is 59.2 Å². The molecule has 2 aromatic heterocycles. The smallest absolute Gasteiger partial charge is 0.326 e. The van der Waals surface area contributed by atoms with Gasteiger partial charge in [0.25, 0.3) is 0 Å². The molecule has 4 aromatic rings. The summed E-state index contributed by atoms with van der Waals surface area (Å²) in [4.78, 5) is 146. The zero-order valence-corrected chi connectivity index (χ0v) is 49.0. The number of aromatic amines is 2. The maximum absolute atomic E-state index is 15.0. The molecule has 0 unspecified atom stereocenters. The van der Waals surface area contributed by atoms with Gasteiger partial charge in [0.2, 0.25) is 47.3 Å². The number of hydrogen-bond acceptors (Lipinski definition) is 14. The number of carboxylic acid groups (broad SMARTS) is 1. The van der Waals surface area contributed by atoms with E-state index in [0.29, 0.717) is 41.8 Å². The fourth-order valence-corrected chi connectivity index (χ4v) is 9.71. The largest absolute Gasteiger partial charge is 0.508 e. The van der Waals surface area contributed by atoms with Gasteiger partial charge in [0, 0.05) is 62.6 Å². The normalized spacial score (nSPS) is 16.2. The molecule has 0 bridgehead atoms. The highest BCUT2D eigenvalue weighted by Crippen LogP contribution is 2.22. The number of phenols is 1. The first-order valence-corrected chi connectivity index (χ1v) is 28.7. The van der Waals surface area contributed by atoms with Crippen LogP contribution in [0.4, 0.5) is 0 Å². The van der Waals surface area contributed by atoms with Gasteiger partial charge in [-0.1, -0.05) is 90.4 Å². The van der Waals surface area contributed by atoms with Gasteiger partial charge in [-0.2, -0.15) is 0 Å². The van der Waals surface area contributed by atoms with Crippen molar-refractivity contribution in [3.63, 3.8) is 0 Å². The highest BCUT2D eigenvalue weighted by Gasteiger charge is 2.41. The highest BCUT2D eigenvalue weighted by molar-refractivity contribution is 5.98. The summed E-state index contributed by atoms with van der Waals surface area (Å²) in [6, 6.07) is 3.56. The number of aliphatic imine (C=N–C) groups is 1. The number of phenolic OH excluding ortho intramolecular Hbond substituents is 1. The van der Waals surface area contributed by atoms with Gasteiger partial charge in [-0.15, -0.1) is 0 Å². The number of guanidine groups is 1. The third-order valence-corrected chi connectivity index (χ3v) is 14.6. The minimum Gasteiger partial charge on any atom is -0.508 e. The molecule has 1 aliphatic heterocycles. The van der Waals surface area contributed by atoms with E-state index >= 15 is 0 Å². The molecule has 1 saturated heterocycles.